The Morgan fingerprint density at radius 2 is 2.25 bits per heavy atom. The first-order chi connectivity index (χ1) is 9.78. The number of hydrogen-bond acceptors (Lipinski definition) is 3. The van der Waals surface area contributed by atoms with Gasteiger partial charge >= 0.3 is 0 Å². The Balaban J connectivity index is 1.57. The second kappa shape index (κ2) is 6.71. The summed E-state index contributed by atoms with van der Waals surface area (Å²) in [6.07, 6.45) is 4.79. The van der Waals surface area contributed by atoms with Gasteiger partial charge in [0, 0.05) is 23.1 Å². The molecule has 3 rings (SSSR count). The Morgan fingerprint density at radius 3 is 3.05 bits per heavy atom. The van der Waals surface area contributed by atoms with Gasteiger partial charge in [0.1, 0.15) is 0 Å². The van der Waals surface area contributed by atoms with Gasteiger partial charge in [0.05, 0.1) is 4.88 Å². The van der Waals surface area contributed by atoms with Crippen LogP contribution in [-0.2, 0) is 12.2 Å². The van der Waals surface area contributed by atoms with E-state index in [2.05, 4.69) is 11.4 Å². The minimum atomic E-state index is 0.106. The van der Waals surface area contributed by atoms with Crippen molar-refractivity contribution in [1.82, 2.24) is 5.32 Å². The van der Waals surface area contributed by atoms with Crippen molar-refractivity contribution in [2.75, 3.05) is 18.2 Å². The van der Waals surface area contributed by atoms with E-state index in [0.717, 1.165) is 29.5 Å². The first-order valence-electron chi connectivity index (χ1n) is 7.31. The van der Waals surface area contributed by atoms with Gasteiger partial charge in [0.25, 0.3) is 5.91 Å². The third-order valence-electron chi connectivity index (χ3n) is 4.39. The number of alkyl halides is 1. The number of aryl methyl sites for hydroxylation is 1. The molecule has 2 atom stereocenters. The molecule has 1 fully saturated rings. The zero-order valence-corrected chi connectivity index (χ0v) is 13.9. The molecule has 1 aromatic rings. The predicted molar refractivity (Wildman–Crippen MR) is 88.1 cm³/mol. The summed E-state index contributed by atoms with van der Waals surface area (Å²) in [5.74, 6) is 4.25. The van der Waals surface area contributed by atoms with Crippen LogP contribution in [0.25, 0.3) is 0 Å². The highest BCUT2D eigenvalue weighted by molar-refractivity contribution is 7.98. The quantitative estimate of drug-likeness (QED) is 0.848. The lowest BCUT2D eigenvalue weighted by Gasteiger charge is -2.17. The molecule has 20 heavy (non-hydrogen) atoms. The zero-order chi connectivity index (χ0) is 13.9. The summed E-state index contributed by atoms with van der Waals surface area (Å²) in [6, 6.07) is 2.09. The largest absolute Gasteiger partial charge is 0.351 e. The summed E-state index contributed by atoms with van der Waals surface area (Å²) in [4.78, 5) is 14.6. The van der Waals surface area contributed by atoms with E-state index in [-0.39, 0.29) is 5.91 Å². The Hall–Kier alpha value is -0.190. The van der Waals surface area contributed by atoms with Crippen molar-refractivity contribution < 1.29 is 4.79 Å². The molecule has 2 heterocycles. The molecule has 1 N–H and O–H groups in total. The van der Waals surface area contributed by atoms with Crippen LogP contribution >= 0.6 is 34.7 Å². The monoisotopic (exact) mass is 329 g/mol. The van der Waals surface area contributed by atoms with Crippen LogP contribution in [0.5, 0.6) is 0 Å². The number of thiophene rings is 1. The summed E-state index contributed by atoms with van der Waals surface area (Å²) in [5.41, 5.74) is 1.37. The Labute approximate surface area is 133 Å². The van der Waals surface area contributed by atoms with Gasteiger partial charge in [0.2, 0.25) is 0 Å². The van der Waals surface area contributed by atoms with E-state index in [9.17, 15) is 4.79 Å². The highest BCUT2D eigenvalue weighted by Crippen LogP contribution is 2.33. The number of fused-ring (bicyclic) bond motifs is 1. The van der Waals surface area contributed by atoms with E-state index in [1.165, 1.54) is 35.5 Å². The highest BCUT2D eigenvalue weighted by Gasteiger charge is 2.27. The molecule has 0 spiro atoms. The molecule has 0 radical (unpaired) electrons. The van der Waals surface area contributed by atoms with Crippen LogP contribution in [0.4, 0.5) is 0 Å². The lowest BCUT2D eigenvalue weighted by Crippen LogP contribution is -2.30. The maximum absolute atomic E-state index is 12.3. The molecular formula is C15H20ClNOS2. The van der Waals surface area contributed by atoms with Crippen molar-refractivity contribution in [2.45, 2.75) is 31.4 Å². The van der Waals surface area contributed by atoms with Gasteiger partial charge in [-0.1, -0.05) is 6.42 Å². The summed E-state index contributed by atoms with van der Waals surface area (Å²) >= 11 is 9.63. The number of rotatable bonds is 4. The van der Waals surface area contributed by atoms with Crippen molar-refractivity contribution in [3.05, 3.63) is 21.4 Å². The van der Waals surface area contributed by atoms with Gasteiger partial charge in [-0.15, -0.1) is 22.9 Å². The van der Waals surface area contributed by atoms with E-state index in [0.29, 0.717) is 11.8 Å². The normalized spacial score (nSPS) is 25.4. The van der Waals surface area contributed by atoms with E-state index in [1.807, 2.05) is 11.8 Å². The number of nitrogens with one attached hydrogen (secondary N) is 1. The van der Waals surface area contributed by atoms with Crippen LogP contribution in [0.3, 0.4) is 0 Å². The summed E-state index contributed by atoms with van der Waals surface area (Å²) in [5, 5.41) is 3.12. The molecule has 1 saturated carbocycles. The van der Waals surface area contributed by atoms with E-state index < -0.39 is 0 Å². The third kappa shape index (κ3) is 3.18. The molecule has 1 aliphatic carbocycles. The van der Waals surface area contributed by atoms with Crippen LogP contribution in [0.15, 0.2) is 6.07 Å². The molecule has 2 unspecified atom stereocenters. The topological polar surface area (TPSA) is 29.1 Å². The average Bonchev–Trinajstić information content (AvgIpc) is 3.10. The second-order valence-corrected chi connectivity index (χ2v) is 8.23. The minimum absolute atomic E-state index is 0.106. The van der Waals surface area contributed by atoms with E-state index >= 15 is 0 Å². The van der Waals surface area contributed by atoms with Gasteiger partial charge in [-0.05, 0) is 48.5 Å². The first-order valence-corrected chi connectivity index (χ1v) is 9.82. The zero-order valence-electron chi connectivity index (χ0n) is 11.5. The molecule has 5 heteroatoms. The second-order valence-electron chi connectivity index (χ2n) is 5.68. The maximum Gasteiger partial charge on any atom is 0.261 e. The molecule has 110 valence electrons. The Kier molecular flexibility index (Phi) is 4.95. The first kappa shape index (κ1) is 14.7. The number of carbonyl (C=O) groups is 1. The van der Waals surface area contributed by atoms with Crippen LogP contribution in [0, 0.1) is 11.8 Å². The minimum Gasteiger partial charge on any atom is -0.351 e. The van der Waals surface area contributed by atoms with E-state index in [4.69, 9.17) is 11.6 Å². The van der Waals surface area contributed by atoms with Crippen LogP contribution < -0.4 is 5.32 Å². The maximum atomic E-state index is 12.3. The van der Waals surface area contributed by atoms with Crippen molar-refractivity contribution in [3.63, 3.8) is 0 Å². The van der Waals surface area contributed by atoms with E-state index in [1.54, 1.807) is 11.3 Å². The summed E-state index contributed by atoms with van der Waals surface area (Å²) in [6.45, 7) is 0.785. The van der Waals surface area contributed by atoms with Crippen molar-refractivity contribution in [1.29, 1.82) is 0 Å². The fraction of sp³-hybridized carbons (Fsp3) is 0.667. The number of amides is 1. The van der Waals surface area contributed by atoms with Crippen LogP contribution in [0.2, 0.25) is 0 Å². The van der Waals surface area contributed by atoms with Crippen LogP contribution in [-0.4, -0.2) is 24.1 Å². The highest BCUT2D eigenvalue weighted by atomic mass is 35.5. The number of thioether (sulfide) groups is 1. The Morgan fingerprint density at radius 1 is 1.40 bits per heavy atom. The molecule has 1 aliphatic heterocycles. The van der Waals surface area contributed by atoms with Crippen molar-refractivity contribution in [2.24, 2.45) is 11.8 Å². The SMILES string of the molecule is O=C(NCC1CCCC1CCl)c1cc2c(s1)CCSC2. The number of halogens is 1. The molecule has 2 aliphatic rings. The molecular weight excluding hydrogens is 310 g/mol. The lowest BCUT2D eigenvalue weighted by atomic mass is 9.98. The van der Waals surface area contributed by atoms with Gasteiger partial charge in [-0.2, -0.15) is 11.8 Å². The summed E-state index contributed by atoms with van der Waals surface area (Å²) < 4.78 is 0. The van der Waals surface area contributed by atoms with Crippen molar-refractivity contribution >= 4 is 40.6 Å². The fourth-order valence-electron chi connectivity index (χ4n) is 3.16. The smallest absolute Gasteiger partial charge is 0.261 e. The van der Waals surface area contributed by atoms with Crippen molar-refractivity contribution in [3.8, 4) is 0 Å². The van der Waals surface area contributed by atoms with Crippen LogP contribution in [0.1, 0.15) is 39.4 Å². The molecule has 0 bridgehead atoms. The fourth-order valence-corrected chi connectivity index (χ4v) is 5.85. The van der Waals surface area contributed by atoms with Gasteiger partial charge in [0.15, 0.2) is 0 Å². The van der Waals surface area contributed by atoms with Gasteiger partial charge in [-0.3, -0.25) is 4.79 Å². The average molecular weight is 330 g/mol. The Bertz CT molecular complexity index is 465. The van der Waals surface area contributed by atoms with Gasteiger partial charge in [-0.25, -0.2) is 0 Å². The standard InChI is InChI=1S/C15H20ClNOS2/c16-7-10-2-1-3-11(10)8-17-15(18)14-6-12-9-19-5-4-13(12)20-14/h6,10-11H,1-5,7-9H2,(H,17,18). The molecule has 1 amide bonds. The van der Waals surface area contributed by atoms with Gasteiger partial charge < -0.3 is 5.32 Å². The summed E-state index contributed by atoms with van der Waals surface area (Å²) in [7, 11) is 0. The third-order valence-corrected chi connectivity index (χ3v) is 7.03. The molecule has 1 aromatic heterocycles. The molecule has 2 nitrogen and oxygen atoms in total. The molecule has 0 aromatic carbocycles. The number of carbonyl (C=O) groups excluding carboxylic acids is 1. The number of hydrogen-bond donors (Lipinski definition) is 1. The lowest BCUT2D eigenvalue weighted by molar-refractivity contribution is 0.0948. The molecule has 0 saturated heterocycles. The predicted octanol–water partition coefficient (Wildman–Crippen LogP) is 3.92.